The summed E-state index contributed by atoms with van der Waals surface area (Å²) in [6.45, 7) is 1.15. The highest BCUT2D eigenvalue weighted by atomic mass is 32.2. The summed E-state index contributed by atoms with van der Waals surface area (Å²) in [7, 11) is 3.23. The summed E-state index contributed by atoms with van der Waals surface area (Å²) in [5.41, 5.74) is 1.90. The van der Waals surface area contributed by atoms with E-state index in [-0.39, 0.29) is 30.2 Å². The van der Waals surface area contributed by atoms with Crippen LogP contribution in [0.3, 0.4) is 0 Å². The van der Waals surface area contributed by atoms with Gasteiger partial charge < -0.3 is 19.3 Å². The molecule has 164 valence electrons. The molecule has 7 heteroatoms. The number of ether oxygens (including phenoxy) is 2. The molecule has 2 aliphatic heterocycles. The summed E-state index contributed by atoms with van der Waals surface area (Å²) >= 11 is 1.67. The van der Waals surface area contributed by atoms with Crippen LogP contribution < -0.4 is 14.4 Å². The molecule has 2 aromatic carbocycles. The molecule has 0 aliphatic carbocycles. The number of methoxy groups -OCH3 is 2. The SMILES string of the molecule is COc1ccc([C@@H]2CCCN2C(=O)[C@H]2CC(=O)N(c3ccc(SC)cc3)C2)cc1OC. The van der Waals surface area contributed by atoms with Crippen LogP contribution in [0.4, 0.5) is 5.69 Å². The Morgan fingerprint density at radius 1 is 1.06 bits per heavy atom. The van der Waals surface area contributed by atoms with Gasteiger partial charge in [-0.1, -0.05) is 6.07 Å². The van der Waals surface area contributed by atoms with Gasteiger partial charge in [-0.3, -0.25) is 9.59 Å². The first-order valence-electron chi connectivity index (χ1n) is 10.5. The second-order valence-corrected chi connectivity index (χ2v) is 8.79. The van der Waals surface area contributed by atoms with Gasteiger partial charge in [0.2, 0.25) is 11.8 Å². The van der Waals surface area contributed by atoms with E-state index in [1.165, 1.54) is 0 Å². The third kappa shape index (κ3) is 4.24. The molecule has 4 rings (SSSR count). The molecule has 2 atom stereocenters. The smallest absolute Gasteiger partial charge is 0.228 e. The van der Waals surface area contributed by atoms with Crippen LogP contribution in [0, 0.1) is 5.92 Å². The Morgan fingerprint density at radius 2 is 1.81 bits per heavy atom. The van der Waals surface area contributed by atoms with E-state index in [0.29, 0.717) is 24.6 Å². The van der Waals surface area contributed by atoms with Crippen molar-refractivity contribution >= 4 is 29.3 Å². The van der Waals surface area contributed by atoms with Crippen molar-refractivity contribution in [3.8, 4) is 11.5 Å². The van der Waals surface area contributed by atoms with E-state index >= 15 is 0 Å². The lowest BCUT2D eigenvalue weighted by Crippen LogP contribution is -2.37. The molecule has 0 spiro atoms. The van der Waals surface area contributed by atoms with Crippen LogP contribution in [0.15, 0.2) is 47.4 Å². The molecule has 31 heavy (non-hydrogen) atoms. The van der Waals surface area contributed by atoms with Crippen LogP contribution in [-0.4, -0.2) is 50.3 Å². The fraction of sp³-hybridized carbons (Fsp3) is 0.417. The first-order valence-corrected chi connectivity index (χ1v) is 11.7. The molecule has 2 heterocycles. The van der Waals surface area contributed by atoms with Gasteiger partial charge in [-0.25, -0.2) is 0 Å². The number of likely N-dealkylation sites (tertiary alicyclic amines) is 1. The summed E-state index contributed by atoms with van der Waals surface area (Å²) < 4.78 is 10.8. The second-order valence-electron chi connectivity index (χ2n) is 7.91. The van der Waals surface area contributed by atoms with Crippen LogP contribution in [0.2, 0.25) is 0 Å². The van der Waals surface area contributed by atoms with Crippen molar-refractivity contribution in [1.82, 2.24) is 4.90 Å². The Hall–Kier alpha value is -2.67. The number of amides is 2. The predicted octanol–water partition coefficient (Wildman–Crippen LogP) is 4.14. The largest absolute Gasteiger partial charge is 0.493 e. The highest BCUT2D eigenvalue weighted by Crippen LogP contribution is 2.38. The zero-order chi connectivity index (χ0) is 22.0. The van der Waals surface area contributed by atoms with E-state index in [4.69, 9.17) is 9.47 Å². The van der Waals surface area contributed by atoms with E-state index in [1.54, 1.807) is 30.9 Å². The molecule has 2 amide bonds. The average molecular weight is 441 g/mol. The number of thioether (sulfide) groups is 1. The fourth-order valence-corrected chi connectivity index (χ4v) is 4.96. The Bertz CT molecular complexity index is 963. The van der Waals surface area contributed by atoms with E-state index in [0.717, 1.165) is 29.0 Å². The van der Waals surface area contributed by atoms with Crippen LogP contribution >= 0.6 is 11.8 Å². The molecule has 0 N–H and O–H groups in total. The monoisotopic (exact) mass is 440 g/mol. The summed E-state index contributed by atoms with van der Waals surface area (Å²) in [4.78, 5) is 30.9. The number of benzene rings is 2. The number of nitrogens with zero attached hydrogens (tertiary/aromatic N) is 2. The summed E-state index contributed by atoms with van der Waals surface area (Å²) in [6, 6.07) is 13.8. The Morgan fingerprint density at radius 3 is 2.48 bits per heavy atom. The molecule has 0 unspecified atom stereocenters. The predicted molar refractivity (Wildman–Crippen MR) is 122 cm³/mol. The minimum absolute atomic E-state index is 0.00248. The number of hydrogen-bond acceptors (Lipinski definition) is 5. The molecule has 2 aromatic rings. The van der Waals surface area contributed by atoms with Gasteiger partial charge in [-0.15, -0.1) is 11.8 Å². The highest BCUT2D eigenvalue weighted by Gasteiger charge is 2.40. The number of anilines is 1. The van der Waals surface area contributed by atoms with Crippen molar-refractivity contribution < 1.29 is 19.1 Å². The normalized spacial score (nSPS) is 20.9. The molecule has 2 aliphatic rings. The summed E-state index contributed by atoms with van der Waals surface area (Å²) in [5.74, 6) is 1.10. The van der Waals surface area contributed by atoms with Gasteiger partial charge in [0.05, 0.1) is 26.2 Å². The van der Waals surface area contributed by atoms with Crippen LogP contribution in [0.25, 0.3) is 0 Å². The quantitative estimate of drug-likeness (QED) is 0.632. The molecule has 6 nitrogen and oxygen atoms in total. The minimum atomic E-state index is -0.312. The molecular weight excluding hydrogens is 412 g/mol. The Balaban J connectivity index is 1.50. The highest BCUT2D eigenvalue weighted by molar-refractivity contribution is 7.98. The fourth-order valence-electron chi connectivity index (χ4n) is 4.56. The first-order chi connectivity index (χ1) is 15.0. The van der Waals surface area contributed by atoms with Crippen molar-refractivity contribution in [2.24, 2.45) is 5.92 Å². The molecular formula is C24H28N2O4S. The molecule has 0 radical (unpaired) electrons. The van der Waals surface area contributed by atoms with E-state index in [1.807, 2.05) is 53.6 Å². The van der Waals surface area contributed by atoms with Crippen molar-refractivity contribution in [3.05, 3.63) is 48.0 Å². The Labute approximate surface area is 187 Å². The van der Waals surface area contributed by atoms with Crippen molar-refractivity contribution in [1.29, 1.82) is 0 Å². The van der Waals surface area contributed by atoms with Gasteiger partial charge in [0.1, 0.15) is 0 Å². The lowest BCUT2D eigenvalue weighted by atomic mass is 10.0. The molecule has 2 fully saturated rings. The maximum atomic E-state index is 13.4. The molecule has 2 saturated heterocycles. The topological polar surface area (TPSA) is 59.1 Å². The maximum absolute atomic E-state index is 13.4. The number of carbonyl (C=O) groups is 2. The van der Waals surface area contributed by atoms with E-state index in [9.17, 15) is 9.59 Å². The van der Waals surface area contributed by atoms with Crippen molar-refractivity contribution in [2.75, 3.05) is 38.5 Å². The van der Waals surface area contributed by atoms with Crippen molar-refractivity contribution in [2.45, 2.75) is 30.2 Å². The minimum Gasteiger partial charge on any atom is -0.493 e. The third-order valence-corrected chi connectivity index (χ3v) is 6.93. The number of carbonyl (C=O) groups excluding carboxylic acids is 2. The van der Waals surface area contributed by atoms with Crippen LogP contribution in [-0.2, 0) is 9.59 Å². The summed E-state index contributed by atoms with van der Waals surface area (Å²) in [5, 5.41) is 0. The van der Waals surface area contributed by atoms with Gasteiger partial charge >= 0.3 is 0 Å². The van der Waals surface area contributed by atoms with Crippen molar-refractivity contribution in [3.63, 3.8) is 0 Å². The molecule has 0 saturated carbocycles. The Kier molecular flexibility index (Phi) is 6.41. The average Bonchev–Trinajstić information content (AvgIpc) is 3.45. The van der Waals surface area contributed by atoms with Crippen LogP contribution in [0.5, 0.6) is 11.5 Å². The van der Waals surface area contributed by atoms with Gasteiger partial charge in [-0.05, 0) is 61.1 Å². The number of hydrogen-bond donors (Lipinski definition) is 0. The zero-order valence-corrected chi connectivity index (χ0v) is 19.0. The van der Waals surface area contributed by atoms with Gasteiger partial charge in [0.15, 0.2) is 11.5 Å². The standard InChI is InChI=1S/C24H28N2O4S/c1-29-21-11-6-16(13-22(21)30-2)20-5-4-12-25(20)24(28)17-14-23(27)26(15-17)18-7-9-19(31-3)10-8-18/h6-11,13,17,20H,4-5,12,14-15H2,1-3H3/t17-,20-/m0/s1. The van der Waals surface area contributed by atoms with Gasteiger partial charge in [0, 0.05) is 30.1 Å². The van der Waals surface area contributed by atoms with Gasteiger partial charge in [-0.2, -0.15) is 0 Å². The molecule has 0 bridgehead atoms. The van der Waals surface area contributed by atoms with E-state index < -0.39 is 0 Å². The van der Waals surface area contributed by atoms with Gasteiger partial charge in [0.25, 0.3) is 0 Å². The first kappa shape index (κ1) is 21.6. The number of rotatable bonds is 6. The summed E-state index contributed by atoms with van der Waals surface area (Å²) in [6.07, 6.45) is 4.14. The maximum Gasteiger partial charge on any atom is 0.228 e. The zero-order valence-electron chi connectivity index (χ0n) is 18.2. The second kappa shape index (κ2) is 9.22. The van der Waals surface area contributed by atoms with Crippen LogP contribution in [0.1, 0.15) is 30.9 Å². The third-order valence-electron chi connectivity index (χ3n) is 6.19. The lowest BCUT2D eigenvalue weighted by molar-refractivity contribution is -0.136. The van der Waals surface area contributed by atoms with E-state index in [2.05, 4.69) is 0 Å². The lowest BCUT2D eigenvalue weighted by Gasteiger charge is -2.28. The molecule has 0 aromatic heterocycles.